The molecule has 0 spiro atoms. The molecular formula is C12H14N4O2. The SMILES string of the molecule is C=CC(=O)Nc1nn(C)c2cc(C)n(C)c(=O)c12. The van der Waals surface area contributed by atoms with Crippen molar-refractivity contribution < 1.29 is 4.79 Å². The summed E-state index contributed by atoms with van der Waals surface area (Å²) >= 11 is 0. The van der Waals surface area contributed by atoms with Crippen molar-refractivity contribution in [3.63, 3.8) is 0 Å². The van der Waals surface area contributed by atoms with Gasteiger partial charge in [-0.15, -0.1) is 0 Å². The van der Waals surface area contributed by atoms with Crippen LogP contribution in [0.1, 0.15) is 5.69 Å². The number of nitrogens with zero attached hydrogens (tertiary/aromatic N) is 3. The zero-order valence-electron chi connectivity index (χ0n) is 10.5. The van der Waals surface area contributed by atoms with Crippen molar-refractivity contribution in [1.29, 1.82) is 0 Å². The summed E-state index contributed by atoms with van der Waals surface area (Å²) in [5.74, 6) is -0.129. The van der Waals surface area contributed by atoms with Gasteiger partial charge < -0.3 is 9.88 Å². The van der Waals surface area contributed by atoms with Gasteiger partial charge in [0.25, 0.3) is 5.56 Å². The van der Waals surface area contributed by atoms with Crippen molar-refractivity contribution in [3.8, 4) is 0 Å². The van der Waals surface area contributed by atoms with Crippen LogP contribution in [0.3, 0.4) is 0 Å². The van der Waals surface area contributed by atoms with Crippen molar-refractivity contribution >= 4 is 22.6 Å². The summed E-state index contributed by atoms with van der Waals surface area (Å²) in [6, 6.07) is 1.85. The van der Waals surface area contributed by atoms with E-state index < -0.39 is 5.91 Å². The molecule has 2 rings (SSSR count). The Bertz CT molecular complexity index is 709. The van der Waals surface area contributed by atoms with Crippen LogP contribution in [-0.2, 0) is 18.9 Å². The van der Waals surface area contributed by atoms with Gasteiger partial charge >= 0.3 is 0 Å². The smallest absolute Gasteiger partial charge is 0.263 e. The highest BCUT2D eigenvalue weighted by molar-refractivity contribution is 6.04. The standard InChI is InChI=1S/C12H14N4O2/c1-5-9(17)13-11-10-8(16(4)14-11)6-7(2)15(3)12(10)18/h5-6H,1H2,2-4H3,(H,13,14,17). The molecule has 94 valence electrons. The number of aryl methyl sites for hydroxylation is 2. The second kappa shape index (κ2) is 4.14. The maximum Gasteiger partial charge on any atom is 0.263 e. The number of pyridine rings is 1. The highest BCUT2D eigenvalue weighted by Gasteiger charge is 2.15. The molecule has 18 heavy (non-hydrogen) atoms. The number of rotatable bonds is 2. The topological polar surface area (TPSA) is 68.9 Å². The molecule has 2 aromatic rings. The van der Waals surface area contributed by atoms with E-state index >= 15 is 0 Å². The lowest BCUT2D eigenvalue weighted by Crippen LogP contribution is -2.20. The summed E-state index contributed by atoms with van der Waals surface area (Å²) < 4.78 is 3.09. The Labute approximate surface area is 104 Å². The van der Waals surface area contributed by atoms with Gasteiger partial charge in [0.2, 0.25) is 5.91 Å². The number of hydrogen-bond donors (Lipinski definition) is 1. The largest absolute Gasteiger partial charge is 0.315 e. The Morgan fingerprint density at radius 2 is 2.17 bits per heavy atom. The van der Waals surface area contributed by atoms with Gasteiger partial charge in [0, 0.05) is 19.8 Å². The van der Waals surface area contributed by atoms with Gasteiger partial charge in [-0.25, -0.2) is 0 Å². The maximum absolute atomic E-state index is 12.2. The molecule has 0 radical (unpaired) electrons. The molecule has 2 aromatic heterocycles. The molecule has 1 amide bonds. The summed E-state index contributed by atoms with van der Waals surface area (Å²) in [5, 5.41) is 7.09. The Balaban J connectivity index is 2.77. The third kappa shape index (κ3) is 1.71. The van der Waals surface area contributed by atoms with E-state index in [0.717, 1.165) is 11.8 Å². The van der Waals surface area contributed by atoms with Gasteiger partial charge in [-0.1, -0.05) is 6.58 Å². The molecule has 0 atom stereocenters. The molecular weight excluding hydrogens is 232 g/mol. The van der Waals surface area contributed by atoms with Crippen molar-refractivity contribution in [2.45, 2.75) is 6.92 Å². The number of amides is 1. The van der Waals surface area contributed by atoms with Crippen LogP contribution in [0.25, 0.3) is 10.9 Å². The van der Waals surface area contributed by atoms with Crippen LogP contribution in [0, 0.1) is 6.92 Å². The Morgan fingerprint density at radius 1 is 1.50 bits per heavy atom. The van der Waals surface area contributed by atoms with Crippen LogP contribution >= 0.6 is 0 Å². The molecule has 1 N–H and O–H groups in total. The van der Waals surface area contributed by atoms with E-state index in [-0.39, 0.29) is 11.4 Å². The average Bonchev–Trinajstić information content (AvgIpc) is 2.63. The first-order valence-corrected chi connectivity index (χ1v) is 5.42. The van der Waals surface area contributed by atoms with E-state index in [1.165, 1.54) is 4.57 Å². The minimum absolute atomic E-state index is 0.183. The van der Waals surface area contributed by atoms with E-state index in [1.54, 1.807) is 18.8 Å². The zero-order chi connectivity index (χ0) is 13.4. The van der Waals surface area contributed by atoms with Crippen LogP contribution in [0.2, 0.25) is 0 Å². The lowest BCUT2D eigenvalue weighted by Gasteiger charge is -2.04. The van der Waals surface area contributed by atoms with Crippen LogP contribution < -0.4 is 10.9 Å². The molecule has 0 aliphatic heterocycles. The lowest BCUT2D eigenvalue weighted by molar-refractivity contribution is -0.111. The van der Waals surface area contributed by atoms with Gasteiger partial charge in [0.15, 0.2) is 5.82 Å². The summed E-state index contributed by atoms with van der Waals surface area (Å²) in [7, 11) is 3.41. The number of fused-ring (bicyclic) bond motifs is 1. The fourth-order valence-electron chi connectivity index (χ4n) is 1.79. The first kappa shape index (κ1) is 12.1. The molecule has 0 aliphatic rings. The minimum atomic E-state index is -0.391. The third-order valence-electron chi connectivity index (χ3n) is 2.91. The number of aromatic nitrogens is 3. The van der Waals surface area contributed by atoms with E-state index in [2.05, 4.69) is 17.0 Å². The zero-order valence-corrected chi connectivity index (χ0v) is 10.5. The van der Waals surface area contributed by atoms with Gasteiger partial charge in [0.1, 0.15) is 5.39 Å². The van der Waals surface area contributed by atoms with Gasteiger partial charge in [-0.3, -0.25) is 14.3 Å². The van der Waals surface area contributed by atoms with E-state index in [1.807, 2.05) is 13.0 Å². The first-order valence-electron chi connectivity index (χ1n) is 5.42. The normalized spacial score (nSPS) is 10.6. The maximum atomic E-state index is 12.2. The summed E-state index contributed by atoms with van der Waals surface area (Å²) in [4.78, 5) is 23.5. The van der Waals surface area contributed by atoms with Crippen molar-refractivity contribution in [2.75, 3.05) is 5.32 Å². The molecule has 6 heteroatoms. The molecule has 0 saturated heterocycles. The molecule has 0 aromatic carbocycles. The number of hydrogen-bond acceptors (Lipinski definition) is 3. The van der Waals surface area contributed by atoms with Gasteiger partial charge in [-0.05, 0) is 19.1 Å². The first-order chi connectivity index (χ1) is 8.45. The summed E-state index contributed by atoms with van der Waals surface area (Å²) in [6.07, 6.45) is 1.14. The van der Waals surface area contributed by atoms with E-state index in [9.17, 15) is 9.59 Å². The molecule has 0 unspecified atom stereocenters. The predicted octanol–water partition coefficient (Wildman–Crippen LogP) is 0.705. The Kier molecular flexibility index (Phi) is 2.78. The van der Waals surface area contributed by atoms with Crippen LogP contribution in [0.5, 0.6) is 0 Å². The number of nitrogens with one attached hydrogen (secondary N) is 1. The molecule has 0 aliphatic carbocycles. The number of carbonyl (C=O) groups is 1. The second-order valence-electron chi connectivity index (χ2n) is 4.08. The summed E-state index contributed by atoms with van der Waals surface area (Å²) in [5.41, 5.74) is 1.34. The minimum Gasteiger partial charge on any atom is -0.315 e. The molecule has 0 bridgehead atoms. The fraction of sp³-hybridized carbons (Fsp3) is 0.250. The second-order valence-corrected chi connectivity index (χ2v) is 4.08. The lowest BCUT2D eigenvalue weighted by atomic mass is 10.2. The molecule has 0 fully saturated rings. The monoisotopic (exact) mass is 246 g/mol. The highest BCUT2D eigenvalue weighted by atomic mass is 16.1. The number of carbonyl (C=O) groups excluding carboxylic acids is 1. The number of anilines is 1. The third-order valence-corrected chi connectivity index (χ3v) is 2.91. The molecule has 6 nitrogen and oxygen atoms in total. The quantitative estimate of drug-likeness (QED) is 0.793. The van der Waals surface area contributed by atoms with Gasteiger partial charge in [-0.2, -0.15) is 5.10 Å². The molecule has 2 heterocycles. The Hall–Kier alpha value is -2.37. The van der Waals surface area contributed by atoms with Gasteiger partial charge in [0.05, 0.1) is 5.52 Å². The highest BCUT2D eigenvalue weighted by Crippen LogP contribution is 2.19. The van der Waals surface area contributed by atoms with Crippen molar-refractivity contribution in [3.05, 3.63) is 34.8 Å². The molecule has 0 saturated carbocycles. The van der Waals surface area contributed by atoms with E-state index in [0.29, 0.717) is 10.9 Å². The van der Waals surface area contributed by atoms with Crippen LogP contribution in [0.15, 0.2) is 23.5 Å². The summed E-state index contributed by atoms with van der Waals surface area (Å²) in [6.45, 7) is 5.21. The van der Waals surface area contributed by atoms with E-state index in [4.69, 9.17) is 0 Å². The van der Waals surface area contributed by atoms with Crippen LogP contribution in [0.4, 0.5) is 5.82 Å². The van der Waals surface area contributed by atoms with Crippen molar-refractivity contribution in [2.24, 2.45) is 14.1 Å². The predicted molar refractivity (Wildman–Crippen MR) is 69.5 cm³/mol. The van der Waals surface area contributed by atoms with Crippen LogP contribution in [-0.4, -0.2) is 20.3 Å². The van der Waals surface area contributed by atoms with Crippen molar-refractivity contribution in [1.82, 2.24) is 14.3 Å². The Morgan fingerprint density at radius 3 is 2.78 bits per heavy atom. The fourth-order valence-corrected chi connectivity index (χ4v) is 1.79. The average molecular weight is 246 g/mol.